The zero-order chi connectivity index (χ0) is 54.9. The number of allylic oxidation sites excluding steroid dienone is 4. The molecule has 0 saturated carbocycles. The lowest BCUT2D eigenvalue weighted by Gasteiger charge is -2.22. The normalized spacial score (nSPS) is 12.0. The fourth-order valence-electron chi connectivity index (χ4n) is 7.55. The molecule has 3 rings (SSSR count). The van der Waals surface area contributed by atoms with Crippen molar-refractivity contribution >= 4 is 69.2 Å². The predicted molar refractivity (Wildman–Crippen MR) is 284 cm³/mol. The number of fused-ring (bicyclic) bond motifs is 2. The van der Waals surface area contributed by atoms with Gasteiger partial charge in [0.1, 0.15) is 45.8 Å². The summed E-state index contributed by atoms with van der Waals surface area (Å²) in [6, 6.07) is 0.800. The van der Waals surface area contributed by atoms with Crippen molar-refractivity contribution in [3.05, 3.63) is 56.8 Å². The van der Waals surface area contributed by atoms with Gasteiger partial charge >= 0.3 is 5.97 Å². The van der Waals surface area contributed by atoms with Gasteiger partial charge in [0.25, 0.3) is 5.91 Å². The minimum Gasteiger partial charge on any atom is -0.507 e. The second-order valence-electron chi connectivity index (χ2n) is 17.8. The average molecular weight is 1030 g/mol. The first-order valence-electron chi connectivity index (χ1n) is 24.5. The topological polar surface area (TPSA) is 390 Å². The number of methoxy groups -OCH3 is 2. The van der Waals surface area contributed by atoms with Crippen LogP contribution in [0.5, 0.6) is 23.0 Å². The number of hydrogen-bond acceptors (Lipinski definition) is 15. The zero-order valence-corrected chi connectivity index (χ0v) is 43.4. The molecular weight excluding hydrogens is 959 g/mol. The maximum Gasteiger partial charge on any atom is 0.328 e. The van der Waals surface area contributed by atoms with E-state index >= 15 is 0 Å². The number of nitrogens with one attached hydrogen (secondary N) is 2. The Hall–Kier alpha value is -7.69. The number of nitrogens with zero attached hydrogens (tertiary/aromatic N) is 3. The zero-order valence-electron chi connectivity index (χ0n) is 43.4. The number of amides is 4. The smallest absolute Gasteiger partial charge is 0.328 e. The molecule has 74 heavy (non-hydrogen) atoms. The average Bonchev–Trinajstić information content (AvgIpc) is 3.33. The third-order valence-corrected chi connectivity index (χ3v) is 11.3. The Morgan fingerprint density at radius 3 is 1.89 bits per heavy atom. The Morgan fingerprint density at radius 1 is 0.716 bits per heavy atom. The van der Waals surface area contributed by atoms with Crippen molar-refractivity contribution in [1.29, 1.82) is 0 Å². The molecular formula is C51H75N11O12. The minimum absolute atomic E-state index is 0.0182. The van der Waals surface area contributed by atoms with Crippen LogP contribution in [0.2, 0.25) is 0 Å². The molecule has 1 aromatic heterocycles. The fraction of sp³-hybridized carbons (Fsp3) is 0.510. The highest BCUT2D eigenvalue weighted by Gasteiger charge is 2.29. The van der Waals surface area contributed by atoms with E-state index in [2.05, 4.69) is 25.6 Å². The summed E-state index contributed by atoms with van der Waals surface area (Å²) < 4.78 is 29.3. The van der Waals surface area contributed by atoms with E-state index in [1.807, 2.05) is 39.8 Å². The molecule has 3 aromatic rings. The van der Waals surface area contributed by atoms with Crippen molar-refractivity contribution < 1.29 is 52.4 Å². The molecule has 15 N–H and O–H groups in total. The summed E-state index contributed by atoms with van der Waals surface area (Å²) >= 11 is 0. The number of hydrogen-bond donors (Lipinski definition) is 9. The first-order valence-corrected chi connectivity index (χ1v) is 24.5. The summed E-state index contributed by atoms with van der Waals surface area (Å²) in [5.41, 5.74) is 35.0. The molecule has 1 unspecified atom stereocenters. The highest BCUT2D eigenvalue weighted by molar-refractivity contribution is 6.40. The van der Waals surface area contributed by atoms with Crippen LogP contribution in [0.3, 0.4) is 0 Å². The van der Waals surface area contributed by atoms with Gasteiger partial charge in [0.05, 0.1) is 32.8 Å². The third kappa shape index (κ3) is 19.4. The van der Waals surface area contributed by atoms with Crippen LogP contribution >= 0.6 is 0 Å². The van der Waals surface area contributed by atoms with Crippen LogP contribution < -0.4 is 64.7 Å². The Labute approximate surface area is 430 Å². The number of esters is 1. The summed E-state index contributed by atoms with van der Waals surface area (Å²) in [7, 11) is 2.63. The van der Waals surface area contributed by atoms with Crippen LogP contribution in [-0.4, -0.2) is 111 Å². The van der Waals surface area contributed by atoms with E-state index < -0.39 is 47.1 Å². The van der Waals surface area contributed by atoms with E-state index in [-0.39, 0.29) is 141 Å². The van der Waals surface area contributed by atoms with Crippen molar-refractivity contribution in [3.8, 4) is 23.0 Å². The number of benzene rings is 2. The molecule has 4 amide bonds. The molecule has 0 aliphatic carbocycles. The number of aliphatic imine (C=N–C) groups is 3. The van der Waals surface area contributed by atoms with Gasteiger partial charge in [-0.05, 0) is 105 Å². The van der Waals surface area contributed by atoms with Crippen LogP contribution in [0.15, 0.2) is 59.6 Å². The monoisotopic (exact) mass is 1030 g/mol. The quantitative estimate of drug-likeness (QED) is 0.0108. The van der Waals surface area contributed by atoms with E-state index in [4.69, 9.17) is 57.8 Å². The molecule has 23 heteroatoms. The lowest BCUT2D eigenvalue weighted by Crippen LogP contribution is -2.53. The van der Waals surface area contributed by atoms with E-state index in [1.54, 1.807) is 0 Å². The largest absolute Gasteiger partial charge is 0.507 e. The Morgan fingerprint density at radius 2 is 1.30 bits per heavy atom. The van der Waals surface area contributed by atoms with Gasteiger partial charge < -0.3 is 73.5 Å². The van der Waals surface area contributed by atoms with Gasteiger partial charge in [0, 0.05) is 49.2 Å². The number of phenols is 1. The second kappa shape index (κ2) is 31.0. The molecule has 0 fully saturated rings. The number of ether oxygens (including phenoxy) is 4. The van der Waals surface area contributed by atoms with Crippen molar-refractivity contribution in [1.82, 2.24) is 10.6 Å². The SMILES string of the molecule is COC(=O)C(CCCN=C(N)N)NC(=O)[C@@H](CCCCN)NC(=O)C(CCCN=C(N)N)=NC(=O)CCCOc1cc2oc3cc(OCCCC(N)=O)c(OC)c(CC=C(C)C)c3c(=O)c2c(O)c1CC=C(C)C. The van der Waals surface area contributed by atoms with Crippen LogP contribution in [0.25, 0.3) is 21.9 Å². The van der Waals surface area contributed by atoms with E-state index in [1.165, 1.54) is 26.4 Å². The van der Waals surface area contributed by atoms with Gasteiger partial charge in [-0.15, -0.1) is 0 Å². The predicted octanol–water partition coefficient (Wildman–Crippen LogP) is 2.83. The van der Waals surface area contributed by atoms with Gasteiger partial charge in [-0.1, -0.05) is 23.3 Å². The molecule has 1 heterocycles. The standard InChI is InChI=1S/C51H75N11O12/c1-29(2)18-20-31-36(27-38-43(44(31)65)45(66)42-32(21-19-30(3)4)46(70-5)39(28-37(42)74-38)73-25-11-16-40(53)63)72-26-12-17-41(64)60-33(14-9-23-58-50(54)55)47(67)61-34(13-7-8-22-52)48(68)62-35(49(69)71-6)15-10-24-59-51(56)57/h18-19,27-28,34-35,65H,7-17,20-26,52H2,1-6H3,(H2,53,63)(H,61,67)(H,62,68)(H4,54,55,58)(H4,56,57,59)/t34-,35?/m1/s1. The number of unbranched alkanes of at least 4 members (excludes halogenated alkanes) is 1. The van der Waals surface area contributed by atoms with Gasteiger partial charge in [-0.3, -0.25) is 34.0 Å². The molecule has 2 atom stereocenters. The van der Waals surface area contributed by atoms with Crippen LogP contribution in [0.1, 0.15) is 109 Å². The lowest BCUT2D eigenvalue weighted by molar-refractivity contribution is -0.145. The highest BCUT2D eigenvalue weighted by Crippen LogP contribution is 2.42. The number of primary amides is 1. The van der Waals surface area contributed by atoms with Gasteiger partial charge in [-0.2, -0.15) is 0 Å². The number of phenolic OH excluding ortho intramolecular Hbond substituents is 1. The number of aromatic hydroxyl groups is 1. The summed E-state index contributed by atoms with van der Waals surface area (Å²) in [6.07, 6.45) is 6.32. The highest BCUT2D eigenvalue weighted by atomic mass is 16.5. The van der Waals surface area contributed by atoms with Crippen LogP contribution in [0, 0.1) is 0 Å². The van der Waals surface area contributed by atoms with Crippen molar-refractivity contribution in [2.45, 2.75) is 123 Å². The molecule has 23 nitrogen and oxygen atoms in total. The molecule has 406 valence electrons. The summed E-state index contributed by atoms with van der Waals surface area (Å²) in [6.45, 7) is 8.29. The number of carbonyl (C=O) groups is 5. The molecule has 0 spiro atoms. The number of nitrogens with two attached hydrogens (primary N) is 6. The molecule has 0 aliphatic rings. The second-order valence-corrected chi connectivity index (χ2v) is 17.8. The van der Waals surface area contributed by atoms with Crippen molar-refractivity contribution in [3.63, 3.8) is 0 Å². The van der Waals surface area contributed by atoms with E-state index in [9.17, 15) is 33.9 Å². The molecule has 0 bridgehead atoms. The van der Waals surface area contributed by atoms with Crippen molar-refractivity contribution in [2.75, 3.05) is 47.1 Å². The maximum atomic E-state index is 14.6. The van der Waals surface area contributed by atoms with Crippen LogP contribution in [0.4, 0.5) is 0 Å². The summed E-state index contributed by atoms with van der Waals surface area (Å²) in [5.74, 6) is -3.22. The molecule has 0 radical (unpaired) electrons. The Bertz CT molecular complexity index is 2660. The van der Waals surface area contributed by atoms with Gasteiger partial charge in [-0.25, -0.2) is 9.79 Å². The molecule has 0 saturated heterocycles. The first-order chi connectivity index (χ1) is 35.2. The fourth-order valence-corrected chi connectivity index (χ4v) is 7.55. The maximum absolute atomic E-state index is 14.6. The minimum atomic E-state index is -1.16. The molecule has 2 aromatic carbocycles. The third-order valence-electron chi connectivity index (χ3n) is 11.3. The lowest BCUT2D eigenvalue weighted by atomic mass is 9.98. The first kappa shape index (κ1) is 60.6. The summed E-state index contributed by atoms with van der Waals surface area (Å²) in [5, 5.41) is 17.3. The van der Waals surface area contributed by atoms with Gasteiger partial charge in [0.2, 0.25) is 23.2 Å². The molecule has 0 aliphatic heterocycles. The number of guanidine groups is 2. The number of rotatable bonds is 32. The van der Waals surface area contributed by atoms with Crippen molar-refractivity contribution in [2.24, 2.45) is 49.4 Å². The van der Waals surface area contributed by atoms with E-state index in [0.717, 1.165) is 11.1 Å². The Kier molecular flexibility index (Phi) is 25.4. The number of carbonyl (C=O) groups excluding carboxylic acids is 5. The Balaban J connectivity index is 1.98. The van der Waals surface area contributed by atoms with Crippen LogP contribution in [-0.2, 0) is 41.6 Å². The summed E-state index contributed by atoms with van der Waals surface area (Å²) in [4.78, 5) is 91.7. The van der Waals surface area contributed by atoms with Gasteiger partial charge in [0.15, 0.2) is 23.4 Å². The van der Waals surface area contributed by atoms with E-state index in [0.29, 0.717) is 49.1 Å².